The van der Waals surface area contributed by atoms with Crippen LogP contribution in [0.2, 0.25) is 0 Å². The number of hydrogen-bond acceptors (Lipinski definition) is 6. The summed E-state index contributed by atoms with van der Waals surface area (Å²) in [5.41, 5.74) is 7.93. The van der Waals surface area contributed by atoms with Crippen molar-refractivity contribution in [2.45, 2.75) is 30.8 Å². The maximum atomic E-state index is 13.1. The number of nitrogens with zero attached hydrogens (tertiary/aromatic N) is 1. The van der Waals surface area contributed by atoms with E-state index in [9.17, 15) is 13.2 Å². The first-order chi connectivity index (χ1) is 16.8. The van der Waals surface area contributed by atoms with Crippen LogP contribution in [0, 0.1) is 0 Å². The molecular formula is C27H27N3O4S. The van der Waals surface area contributed by atoms with Crippen molar-refractivity contribution in [2.24, 2.45) is 0 Å². The van der Waals surface area contributed by atoms with Crippen LogP contribution in [0.25, 0.3) is 21.9 Å². The Kier molecular flexibility index (Phi) is 7.02. The molecule has 0 radical (unpaired) electrons. The first-order valence-electron chi connectivity index (χ1n) is 11.3. The van der Waals surface area contributed by atoms with Gasteiger partial charge in [-0.05, 0) is 42.3 Å². The lowest BCUT2D eigenvalue weighted by Crippen LogP contribution is -2.33. The summed E-state index contributed by atoms with van der Waals surface area (Å²) in [7, 11) is -3.37. The van der Waals surface area contributed by atoms with Crippen molar-refractivity contribution in [3.63, 3.8) is 0 Å². The van der Waals surface area contributed by atoms with Crippen molar-refractivity contribution in [2.75, 3.05) is 17.3 Å². The zero-order valence-corrected chi connectivity index (χ0v) is 20.4. The lowest BCUT2D eigenvalue weighted by molar-refractivity contribution is -0.123. The number of ether oxygens (including phenoxy) is 1. The van der Waals surface area contributed by atoms with Gasteiger partial charge in [0.2, 0.25) is 0 Å². The number of nitrogens with one attached hydrogen (secondary N) is 1. The number of rotatable bonds is 8. The molecule has 35 heavy (non-hydrogen) atoms. The molecular weight excluding hydrogens is 462 g/mol. The van der Waals surface area contributed by atoms with Crippen LogP contribution in [0.3, 0.4) is 0 Å². The fraction of sp³-hybridized carbons (Fsp3) is 0.185. The Labute approximate surface area is 204 Å². The molecule has 1 atom stereocenters. The Morgan fingerprint density at radius 3 is 2.46 bits per heavy atom. The van der Waals surface area contributed by atoms with Crippen LogP contribution in [0.1, 0.15) is 19.8 Å². The van der Waals surface area contributed by atoms with Gasteiger partial charge in [-0.2, -0.15) is 0 Å². The van der Waals surface area contributed by atoms with Crippen LogP contribution < -0.4 is 15.8 Å². The quantitative estimate of drug-likeness (QED) is 0.357. The number of hydrogen-bond donors (Lipinski definition) is 2. The van der Waals surface area contributed by atoms with Gasteiger partial charge in [0.1, 0.15) is 11.6 Å². The number of sulfone groups is 1. The molecule has 4 rings (SSSR count). The first kappa shape index (κ1) is 24.2. The van der Waals surface area contributed by atoms with E-state index in [-0.39, 0.29) is 10.8 Å². The van der Waals surface area contributed by atoms with Crippen molar-refractivity contribution in [1.29, 1.82) is 0 Å². The molecule has 7 nitrogen and oxygen atoms in total. The molecule has 0 aliphatic heterocycles. The normalized spacial score (nSPS) is 12.3. The molecule has 4 aromatic rings. The Balaban J connectivity index is 1.54. The highest BCUT2D eigenvalue weighted by Crippen LogP contribution is 2.30. The Bertz CT molecular complexity index is 1470. The molecule has 1 amide bonds. The number of anilines is 2. The van der Waals surface area contributed by atoms with Gasteiger partial charge in [-0.25, -0.2) is 13.4 Å². The number of nitrogens with two attached hydrogens (primary N) is 1. The van der Waals surface area contributed by atoms with Gasteiger partial charge >= 0.3 is 0 Å². The van der Waals surface area contributed by atoms with E-state index in [2.05, 4.69) is 10.3 Å². The number of carbonyl (C=O) groups is 1. The number of fused-ring (bicyclic) bond motifs is 1. The third kappa shape index (κ3) is 5.44. The molecule has 1 heterocycles. The highest BCUT2D eigenvalue weighted by molar-refractivity contribution is 7.90. The smallest absolute Gasteiger partial charge is 0.265 e. The van der Waals surface area contributed by atoms with E-state index in [4.69, 9.17) is 10.5 Å². The molecule has 1 unspecified atom stereocenters. The lowest BCUT2D eigenvalue weighted by Gasteiger charge is -2.20. The minimum atomic E-state index is -3.37. The fourth-order valence-electron chi connectivity index (χ4n) is 3.95. The molecule has 0 fully saturated rings. The van der Waals surface area contributed by atoms with Gasteiger partial charge in [-0.15, -0.1) is 0 Å². The van der Waals surface area contributed by atoms with Crippen LogP contribution in [0.5, 0.6) is 5.75 Å². The zero-order valence-electron chi connectivity index (χ0n) is 19.6. The highest BCUT2D eigenvalue weighted by Gasteiger charge is 2.21. The van der Waals surface area contributed by atoms with Crippen molar-refractivity contribution < 1.29 is 17.9 Å². The molecule has 1 aromatic heterocycles. The van der Waals surface area contributed by atoms with Gasteiger partial charge in [0.05, 0.1) is 4.90 Å². The molecule has 0 aliphatic rings. The number of pyridine rings is 1. The highest BCUT2D eigenvalue weighted by atomic mass is 32.2. The predicted octanol–water partition coefficient (Wildman–Crippen LogP) is 5.07. The van der Waals surface area contributed by atoms with E-state index in [1.807, 2.05) is 31.2 Å². The number of aromatic nitrogens is 1. The summed E-state index contributed by atoms with van der Waals surface area (Å²) in [6.07, 6.45) is 3.39. The first-order valence-corrected chi connectivity index (χ1v) is 13.2. The number of nitrogen functional groups attached to an aromatic ring is 1. The molecule has 3 N–H and O–H groups in total. The van der Waals surface area contributed by atoms with E-state index in [0.29, 0.717) is 29.2 Å². The monoisotopic (exact) mass is 489 g/mol. The summed E-state index contributed by atoms with van der Waals surface area (Å²) in [5.74, 6) is 0.704. The summed E-state index contributed by atoms with van der Waals surface area (Å²) in [6, 6.07) is 21.2. The van der Waals surface area contributed by atoms with Gasteiger partial charge < -0.3 is 15.8 Å². The summed E-state index contributed by atoms with van der Waals surface area (Å²) >= 11 is 0. The van der Waals surface area contributed by atoms with Gasteiger partial charge in [0.15, 0.2) is 15.9 Å². The molecule has 0 saturated heterocycles. The minimum absolute atomic E-state index is 0.263. The Morgan fingerprint density at radius 2 is 1.74 bits per heavy atom. The number of benzene rings is 3. The largest absolute Gasteiger partial charge is 0.480 e. The molecule has 3 aromatic carbocycles. The summed E-state index contributed by atoms with van der Waals surface area (Å²) in [6.45, 7) is 1.99. The molecule has 180 valence electrons. The maximum absolute atomic E-state index is 13.1. The van der Waals surface area contributed by atoms with Crippen LogP contribution in [-0.2, 0) is 14.6 Å². The SMILES string of the molecule is CCCC(Oc1cccc2c(N)nccc12)C(=O)Nc1ccc(-c2ccccc2S(C)(=O)=O)cc1. The third-order valence-corrected chi connectivity index (χ3v) is 6.81. The van der Waals surface area contributed by atoms with E-state index >= 15 is 0 Å². The molecule has 0 aliphatic carbocycles. The molecule has 0 saturated carbocycles. The zero-order chi connectivity index (χ0) is 25.0. The number of amides is 1. The van der Waals surface area contributed by atoms with Gasteiger partial charge in [0.25, 0.3) is 5.91 Å². The molecule has 0 bridgehead atoms. The maximum Gasteiger partial charge on any atom is 0.265 e. The Hall–Kier alpha value is -3.91. The van der Waals surface area contributed by atoms with Crippen molar-refractivity contribution in [1.82, 2.24) is 4.98 Å². The van der Waals surface area contributed by atoms with E-state index in [0.717, 1.165) is 22.8 Å². The predicted molar refractivity (Wildman–Crippen MR) is 139 cm³/mol. The van der Waals surface area contributed by atoms with Crippen LogP contribution >= 0.6 is 0 Å². The lowest BCUT2D eigenvalue weighted by atomic mass is 10.1. The Morgan fingerprint density at radius 1 is 1.00 bits per heavy atom. The molecule has 0 spiro atoms. The average Bonchev–Trinajstić information content (AvgIpc) is 2.84. The van der Waals surface area contributed by atoms with Crippen molar-refractivity contribution >= 4 is 38.0 Å². The van der Waals surface area contributed by atoms with Crippen LogP contribution in [0.15, 0.2) is 83.9 Å². The fourth-order valence-corrected chi connectivity index (χ4v) is 4.86. The summed E-state index contributed by atoms with van der Waals surface area (Å²) in [4.78, 5) is 17.5. The standard InChI is InChI=1S/C27H27N3O4S/c1-3-7-24(34-23-10-6-9-22-21(23)16-17-29-26(22)28)27(31)30-19-14-12-18(13-15-19)20-8-4-5-11-25(20)35(2,32)33/h4-6,8-17,24H,3,7H2,1-2H3,(H2,28,29)(H,30,31). The van der Waals surface area contributed by atoms with E-state index in [1.54, 1.807) is 54.7 Å². The van der Waals surface area contributed by atoms with Crippen molar-refractivity contribution in [3.8, 4) is 16.9 Å². The van der Waals surface area contributed by atoms with E-state index < -0.39 is 15.9 Å². The second-order valence-corrected chi connectivity index (χ2v) is 10.3. The summed E-state index contributed by atoms with van der Waals surface area (Å²) in [5, 5.41) is 4.47. The average molecular weight is 490 g/mol. The van der Waals surface area contributed by atoms with Crippen LogP contribution in [0.4, 0.5) is 11.5 Å². The van der Waals surface area contributed by atoms with Crippen molar-refractivity contribution in [3.05, 3.63) is 79.0 Å². The van der Waals surface area contributed by atoms with Gasteiger partial charge in [-0.1, -0.05) is 55.8 Å². The second-order valence-electron chi connectivity index (χ2n) is 8.28. The number of carbonyl (C=O) groups excluding carboxylic acids is 1. The second kappa shape index (κ2) is 10.1. The topological polar surface area (TPSA) is 111 Å². The van der Waals surface area contributed by atoms with Gasteiger partial charge in [-0.3, -0.25) is 4.79 Å². The minimum Gasteiger partial charge on any atom is -0.480 e. The summed E-state index contributed by atoms with van der Waals surface area (Å²) < 4.78 is 30.4. The van der Waals surface area contributed by atoms with Gasteiger partial charge in [0, 0.05) is 34.5 Å². The van der Waals surface area contributed by atoms with E-state index in [1.165, 1.54) is 6.26 Å². The third-order valence-electron chi connectivity index (χ3n) is 5.66. The molecule has 8 heteroatoms. The van der Waals surface area contributed by atoms with Crippen LogP contribution in [-0.4, -0.2) is 31.7 Å².